The number of carbonyl (C=O) groups is 1. The van der Waals surface area contributed by atoms with Crippen molar-refractivity contribution < 1.29 is 4.79 Å². The van der Waals surface area contributed by atoms with Crippen LogP contribution in [0.3, 0.4) is 0 Å². The third-order valence-corrected chi connectivity index (χ3v) is 3.14. The summed E-state index contributed by atoms with van der Waals surface area (Å²) < 4.78 is 0. The van der Waals surface area contributed by atoms with Gasteiger partial charge in [0.1, 0.15) is 0 Å². The Balaban J connectivity index is 2.18. The Morgan fingerprint density at radius 2 is 2.13 bits per heavy atom. The van der Waals surface area contributed by atoms with Crippen molar-refractivity contribution in [3.63, 3.8) is 0 Å². The summed E-state index contributed by atoms with van der Waals surface area (Å²) in [7, 11) is 0. The third kappa shape index (κ3) is 3.47. The van der Waals surface area contributed by atoms with Gasteiger partial charge in [0, 0.05) is 13.1 Å². The lowest BCUT2D eigenvalue weighted by molar-refractivity contribution is -0.128. The van der Waals surface area contributed by atoms with Gasteiger partial charge in [0.2, 0.25) is 5.91 Å². The van der Waals surface area contributed by atoms with E-state index in [2.05, 4.69) is 18.7 Å². The second-order valence-corrected chi connectivity index (χ2v) is 4.10. The molecule has 1 fully saturated rings. The van der Waals surface area contributed by atoms with Crippen LogP contribution in [0, 0.1) is 0 Å². The highest BCUT2D eigenvalue weighted by Gasteiger charge is 2.27. The molecule has 4 nitrogen and oxygen atoms in total. The first-order valence-corrected chi connectivity index (χ1v) is 5.95. The van der Waals surface area contributed by atoms with Gasteiger partial charge >= 0.3 is 0 Å². The van der Waals surface area contributed by atoms with Crippen molar-refractivity contribution in [3.05, 3.63) is 0 Å². The summed E-state index contributed by atoms with van der Waals surface area (Å²) >= 11 is 0. The first-order chi connectivity index (χ1) is 7.19. The molecule has 0 aromatic rings. The minimum absolute atomic E-state index is 0.134. The number of nitrogens with zero attached hydrogens (tertiary/aromatic N) is 2. The maximum absolute atomic E-state index is 11.5. The van der Waals surface area contributed by atoms with Gasteiger partial charge in [-0.05, 0) is 32.5 Å². The molecule has 0 saturated carbocycles. The van der Waals surface area contributed by atoms with Crippen LogP contribution in [-0.4, -0.2) is 54.5 Å². The summed E-state index contributed by atoms with van der Waals surface area (Å²) in [6.45, 7) is 9.29. The zero-order valence-electron chi connectivity index (χ0n) is 9.91. The van der Waals surface area contributed by atoms with Crippen LogP contribution in [-0.2, 0) is 4.79 Å². The molecule has 1 atom stereocenters. The first kappa shape index (κ1) is 12.5. The summed E-state index contributed by atoms with van der Waals surface area (Å²) in [5, 5.41) is 0. The molecule has 1 heterocycles. The topological polar surface area (TPSA) is 49.6 Å². The summed E-state index contributed by atoms with van der Waals surface area (Å²) in [5.41, 5.74) is 5.65. The van der Waals surface area contributed by atoms with E-state index in [0.717, 1.165) is 45.6 Å². The van der Waals surface area contributed by atoms with Crippen molar-refractivity contribution in [1.82, 2.24) is 9.80 Å². The van der Waals surface area contributed by atoms with Crippen LogP contribution in [0.2, 0.25) is 0 Å². The monoisotopic (exact) mass is 213 g/mol. The summed E-state index contributed by atoms with van der Waals surface area (Å²) in [6, 6.07) is -0.238. The highest BCUT2D eigenvalue weighted by molar-refractivity contribution is 5.83. The molecule has 0 aromatic carbocycles. The Labute approximate surface area is 92.4 Å². The molecule has 1 unspecified atom stereocenters. The molecule has 88 valence electrons. The average Bonchev–Trinajstić information content (AvgIpc) is 2.56. The van der Waals surface area contributed by atoms with Crippen LogP contribution in [0.5, 0.6) is 0 Å². The van der Waals surface area contributed by atoms with Crippen LogP contribution in [0.1, 0.15) is 26.7 Å². The molecule has 0 aliphatic carbocycles. The number of amides is 1. The molecule has 0 spiro atoms. The number of likely N-dealkylation sites (tertiary alicyclic amines) is 1. The van der Waals surface area contributed by atoms with Crippen molar-refractivity contribution in [2.45, 2.75) is 32.7 Å². The fraction of sp³-hybridized carbons (Fsp3) is 0.909. The van der Waals surface area contributed by atoms with E-state index in [1.807, 2.05) is 4.90 Å². The Morgan fingerprint density at radius 1 is 1.47 bits per heavy atom. The zero-order valence-corrected chi connectivity index (χ0v) is 9.91. The van der Waals surface area contributed by atoms with E-state index >= 15 is 0 Å². The summed E-state index contributed by atoms with van der Waals surface area (Å²) in [5.74, 6) is 0.134. The van der Waals surface area contributed by atoms with Crippen LogP contribution in [0.4, 0.5) is 0 Å². The van der Waals surface area contributed by atoms with E-state index in [-0.39, 0.29) is 11.9 Å². The Morgan fingerprint density at radius 3 is 2.60 bits per heavy atom. The largest absolute Gasteiger partial charge is 0.341 e. The molecule has 0 aromatic heterocycles. The van der Waals surface area contributed by atoms with Crippen molar-refractivity contribution in [3.8, 4) is 0 Å². The van der Waals surface area contributed by atoms with Gasteiger partial charge in [-0.25, -0.2) is 0 Å². The van der Waals surface area contributed by atoms with Gasteiger partial charge in [-0.15, -0.1) is 0 Å². The van der Waals surface area contributed by atoms with Crippen LogP contribution in [0.25, 0.3) is 0 Å². The first-order valence-electron chi connectivity index (χ1n) is 5.95. The number of rotatable bonds is 6. The molecule has 1 amide bonds. The van der Waals surface area contributed by atoms with E-state index in [1.54, 1.807) is 0 Å². The minimum atomic E-state index is -0.238. The van der Waals surface area contributed by atoms with Gasteiger partial charge in [0.05, 0.1) is 6.04 Å². The zero-order chi connectivity index (χ0) is 11.3. The normalized spacial score (nSPS) is 21.7. The van der Waals surface area contributed by atoms with Crippen molar-refractivity contribution in [2.24, 2.45) is 5.73 Å². The van der Waals surface area contributed by atoms with Gasteiger partial charge in [0.15, 0.2) is 0 Å². The highest BCUT2D eigenvalue weighted by Crippen LogP contribution is 2.09. The fourth-order valence-electron chi connectivity index (χ4n) is 2.01. The van der Waals surface area contributed by atoms with Crippen molar-refractivity contribution >= 4 is 5.91 Å². The lowest BCUT2D eigenvalue weighted by Crippen LogP contribution is -2.36. The van der Waals surface area contributed by atoms with E-state index in [1.165, 1.54) is 0 Å². The Bertz CT molecular complexity index is 204. The lowest BCUT2D eigenvalue weighted by atomic mass is 10.3. The molecule has 1 aliphatic rings. The number of nitrogens with two attached hydrogens (primary N) is 1. The molecule has 0 radical (unpaired) electrons. The highest BCUT2D eigenvalue weighted by atomic mass is 16.2. The SMILES string of the molecule is CCN(CC)CCCN1CCC(N)C1=O. The molecule has 4 heteroatoms. The second kappa shape index (κ2) is 6.08. The summed E-state index contributed by atoms with van der Waals surface area (Å²) in [6.07, 6.45) is 1.88. The van der Waals surface area contributed by atoms with Gasteiger partial charge < -0.3 is 15.5 Å². The molecular formula is C11H23N3O. The molecule has 1 aliphatic heterocycles. The smallest absolute Gasteiger partial charge is 0.239 e. The van der Waals surface area contributed by atoms with E-state index in [4.69, 9.17) is 5.73 Å². The van der Waals surface area contributed by atoms with Gasteiger partial charge in [-0.2, -0.15) is 0 Å². The second-order valence-electron chi connectivity index (χ2n) is 4.10. The van der Waals surface area contributed by atoms with Crippen LogP contribution < -0.4 is 5.73 Å². The standard InChI is InChI=1S/C11H23N3O/c1-3-13(4-2)7-5-8-14-9-6-10(12)11(14)15/h10H,3-9,12H2,1-2H3. The van der Waals surface area contributed by atoms with Gasteiger partial charge in [0.25, 0.3) is 0 Å². The number of hydrogen-bond acceptors (Lipinski definition) is 3. The molecule has 15 heavy (non-hydrogen) atoms. The number of carbonyl (C=O) groups excluding carboxylic acids is 1. The van der Waals surface area contributed by atoms with Crippen LogP contribution >= 0.6 is 0 Å². The van der Waals surface area contributed by atoms with E-state index < -0.39 is 0 Å². The van der Waals surface area contributed by atoms with E-state index in [0.29, 0.717) is 0 Å². The predicted octanol–water partition coefficient (Wildman–Crippen LogP) is 0.278. The molecule has 1 saturated heterocycles. The van der Waals surface area contributed by atoms with Gasteiger partial charge in [-0.1, -0.05) is 13.8 Å². The number of hydrogen-bond donors (Lipinski definition) is 1. The maximum atomic E-state index is 11.5. The minimum Gasteiger partial charge on any atom is -0.341 e. The van der Waals surface area contributed by atoms with Crippen molar-refractivity contribution in [2.75, 3.05) is 32.7 Å². The quantitative estimate of drug-likeness (QED) is 0.689. The Kier molecular flexibility index (Phi) is 5.05. The molecule has 2 N–H and O–H groups in total. The van der Waals surface area contributed by atoms with Crippen LogP contribution in [0.15, 0.2) is 0 Å². The van der Waals surface area contributed by atoms with Gasteiger partial charge in [-0.3, -0.25) is 4.79 Å². The molecule has 0 bridgehead atoms. The average molecular weight is 213 g/mol. The predicted molar refractivity (Wildman–Crippen MR) is 61.6 cm³/mol. The fourth-order valence-corrected chi connectivity index (χ4v) is 2.01. The molecule has 1 rings (SSSR count). The maximum Gasteiger partial charge on any atom is 0.239 e. The Hall–Kier alpha value is -0.610. The molecular weight excluding hydrogens is 190 g/mol. The third-order valence-electron chi connectivity index (χ3n) is 3.14. The summed E-state index contributed by atoms with van der Waals surface area (Å²) in [4.78, 5) is 15.8. The van der Waals surface area contributed by atoms with E-state index in [9.17, 15) is 4.79 Å². The lowest BCUT2D eigenvalue weighted by Gasteiger charge is -2.21. The van der Waals surface area contributed by atoms with Crippen molar-refractivity contribution in [1.29, 1.82) is 0 Å².